The molecule has 1 aliphatic rings. The Labute approximate surface area is 146 Å². The Morgan fingerprint density at radius 3 is 3.00 bits per heavy atom. The van der Waals surface area contributed by atoms with Crippen molar-refractivity contribution >= 4 is 18.3 Å². The number of carbonyl (C=O) groups excluding carboxylic acids is 1. The lowest BCUT2D eigenvalue weighted by Crippen LogP contribution is -2.45. The molecule has 1 amide bonds. The molecule has 0 bridgehead atoms. The maximum atomic E-state index is 12.5. The number of nitrogens with one attached hydrogen (secondary N) is 2. The lowest BCUT2D eigenvalue weighted by atomic mass is 10.1. The number of nitrogens with zero attached hydrogens (tertiary/aromatic N) is 2. The van der Waals surface area contributed by atoms with E-state index in [1.54, 1.807) is 19.1 Å². The monoisotopic (exact) mass is 352 g/mol. The van der Waals surface area contributed by atoms with Crippen molar-refractivity contribution in [2.75, 3.05) is 13.1 Å². The van der Waals surface area contributed by atoms with Gasteiger partial charge in [-0.25, -0.2) is 0 Å². The van der Waals surface area contributed by atoms with Crippen LogP contribution in [0.5, 0.6) is 5.75 Å². The second-order valence-corrected chi connectivity index (χ2v) is 5.53. The number of amides is 1. The second-order valence-electron chi connectivity index (χ2n) is 5.53. The van der Waals surface area contributed by atoms with Gasteiger partial charge in [-0.05, 0) is 31.5 Å². The molecule has 2 N–H and O–H groups in total. The topological polar surface area (TPSA) is 89.3 Å². The van der Waals surface area contributed by atoms with Crippen molar-refractivity contribution in [1.82, 2.24) is 20.8 Å². The molecule has 8 heteroatoms. The van der Waals surface area contributed by atoms with E-state index in [9.17, 15) is 4.79 Å². The fraction of sp³-hybridized carbons (Fsp3) is 0.438. The van der Waals surface area contributed by atoms with Crippen molar-refractivity contribution < 1.29 is 14.1 Å². The zero-order valence-electron chi connectivity index (χ0n) is 13.4. The Kier molecular flexibility index (Phi) is 6.57. The number of hydrogen-bond acceptors (Lipinski definition) is 6. The minimum Gasteiger partial charge on any atom is -0.485 e. The van der Waals surface area contributed by atoms with Gasteiger partial charge < -0.3 is 19.9 Å². The van der Waals surface area contributed by atoms with Crippen LogP contribution in [0.2, 0.25) is 0 Å². The van der Waals surface area contributed by atoms with Crippen LogP contribution in [-0.2, 0) is 6.61 Å². The quantitative estimate of drug-likeness (QED) is 0.853. The number of rotatable bonds is 5. The predicted molar refractivity (Wildman–Crippen MR) is 90.4 cm³/mol. The summed E-state index contributed by atoms with van der Waals surface area (Å²) in [6.45, 7) is 3.69. The number of aromatic nitrogens is 2. The van der Waals surface area contributed by atoms with Crippen LogP contribution in [0, 0.1) is 6.92 Å². The van der Waals surface area contributed by atoms with Gasteiger partial charge >= 0.3 is 0 Å². The highest BCUT2D eigenvalue weighted by molar-refractivity contribution is 5.97. The summed E-state index contributed by atoms with van der Waals surface area (Å²) >= 11 is 0. The number of halogens is 1. The van der Waals surface area contributed by atoms with Gasteiger partial charge in [0.05, 0.1) is 5.56 Å². The highest BCUT2D eigenvalue weighted by Gasteiger charge is 2.19. The van der Waals surface area contributed by atoms with Crippen molar-refractivity contribution in [2.45, 2.75) is 32.4 Å². The highest BCUT2D eigenvalue weighted by atomic mass is 35.5. The van der Waals surface area contributed by atoms with E-state index in [-0.39, 0.29) is 31.0 Å². The van der Waals surface area contributed by atoms with Crippen LogP contribution in [-0.4, -0.2) is 35.2 Å². The number of aryl methyl sites for hydroxylation is 1. The molecule has 0 saturated carbocycles. The first-order chi connectivity index (χ1) is 11.2. The summed E-state index contributed by atoms with van der Waals surface area (Å²) in [6, 6.07) is 7.32. The van der Waals surface area contributed by atoms with Crippen molar-refractivity contribution in [3.05, 3.63) is 41.5 Å². The Balaban J connectivity index is 0.00000208. The highest BCUT2D eigenvalue weighted by Crippen LogP contribution is 2.19. The number of benzene rings is 1. The van der Waals surface area contributed by atoms with Gasteiger partial charge in [-0.3, -0.25) is 4.79 Å². The van der Waals surface area contributed by atoms with Gasteiger partial charge in [0, 0.05) is 19.5 Å². The number of para-hydroxylation sites is 1. The first-order valence-electron chi connectivity index (χ1n) is 7.75. The summed E-state index contributed by atoms with van der Waals surface area (Å²) in [7, 11) is 0. The summed E-state index contributed by atoms with van der Waals surface area (Å²) in [5, 5.41) is 10.1. The largest absolute Gasteiger partial charge is 0.485 e. The molecule has 130 valence electrons. The SMILES string of the molecule is Cc1nc(COc2ccccc2C(=O)N[C@H]2CCCNC2)no1.Cl. The molecule has 1 aliphatic heterocycles. The lowest BCUT2D eigenvalue weighted by molar-refractivity contribution is 0.0926. The van der Waals surface area contributed by atoms with Gasteiger partial charge in [0.1, 0.15) is 5.75 Å². The van der Waals surface area contributed by atoms with E-state index in [1.807, 2.05) is 12.1 Å². The van der Waals surface area contributed by atoms with Gasteiger partial charge in [-0.15, -0.1) is 12.4 Å². The molecule has 0 unspecified atom stereocenters. The van der Waals surface area contributed by atoms with Crippen LogP contribution in [0.1, 0.15) is 34.9 Å². The molecule has 3 rings (SSSR count). The molecule has 1 aromatic heterocycles. The standard InChI is InChI=1S/C16H20N4O3.ClH/c1-11-18-15(20-23-11)10-22-14-7-3-2-6-13(14)16(21)19-12-5-4-8-17-9-12;/h2-3,6-7,12,17H,4-5,8-10H2,1H3,(H,19,21);1H/t12-;/m0./s1. The third-order valence-electron chi connectivity index (χ3n) is 3.69. The normalized spacial score (nSPS) is 17.0. The van der Waals surface area contributed by atoms with Crippen molar-refractivity contribution in [3.63, 3.8) is 0 Å². The molecule has 2 aromatic rings. The number of hydrogen-bond donors (Lipinski definition) is 2. The van der Waals surface area contributed by atoms with Crippen LogP contribution in [0.3, 0.4) is 0 Å². The molecule has 1 aromatic carbocycles. The minimum absolute atomic E-state index is 0. The molecule has 0 radical (unpaired) electrons. The summed E-state index contributed by atoms with van der Waals surface area (Å²) in [4.78, 5) is 16.6. The predicted octanol–water partition coefficient (Wildman–Crippen LogP) is 1.86. The van der Waals surface area contributed by atoms with Gasteiger partial charge in [0.2, 0.25) is 11.7 Å². The molecular weight excluding hydrogens is 332 g/mol. The fourth-order valence-corrected chi connectivity index (χ4v) is 2.56. The molecule has 1 saturated heterocycles. The van der Waals surface area contributed by atoms with Crippen LogP contribution in [0.4, 0.5) is 0 Å². The molecular formula is C16H21ClN4O3. The number of carbonyl (C=O) groups is 1. The summed E-state index contributed by atoms with van der Waals surface area (Å²) in [5.74, 6) is 1.32. The maximum Gasteiger partial charge on any atom is 0.255 e. The molecule has 1 atom stereocenters. The van der Waals surface area contributed by atoms with E-state index in [4.69, 9.17) is 9.26 Å². The average Bonchev–Trinajstić information content (AvgIpc) is 2.99. The first-order valence-corrected chi connectivity index (χ1v) is 7.75. The van der Waals surface area contributed by atoms with Crippen LogP contribution < -0.4 is 15.4 Å². The molecule has 0 spiro atoms. The van der Waals surface area contributed by atoms with Gasteiger partial charge in [-0.2, -0.15) is 4.98 Å². The Morgan fingerprint density at radius 1 is 1.46 bits per heavy atom. The lowest BCUT2D eigenvalue weighted by Gasteiger charge is -2.24. The van der Waals surface area contributed by atoms with E-state index < -0.39 is 0 Å². The number of piperidine rings is 1. The molecule has 2 heterocycles. The number of ether oxygens (including phenoxy) is 1. The average molecular weight is 353 g/mol. The molecule has 1 fully saturated rings. The van der Waals surface area contributed by atoms with E-state index in [2.05, 4.69) is 20.8 Å². The Hall–Kier alpha value is -2.12. The van der Waals surface area contributed by atoms with Gasteiger partial charge in [0.25, 0.3) is 5.91 Å². The van der Waals surface area contributed by atoms with Crippen LogP contribution in [0.15, 0.2) is 28.8 Å². The van der Waals surface area contributed by atoms with Crippen molar-refractivity contribution in [1.29, 1.82) is 0 Å². The fourth-order valence-electron chi connectivity index (χ4n) is 2.56. The summed E-state index contributed by atoms with van der Waals surface area (Å²) < 4.78 is 10.6. The molecule has 7 nitrogen and oxygen atoms in total. The smallest absolute Gasteiger partial charge is 0.255 e. The zero-order valence-corrected chi connectivity index (χ0v) is 14.3. The summed E-state index contributed by atoms with van der Waals surface area (Å²) in [6.07, 6.45) is 2.06. The minimum atomic E-state index is -0.126. The van der Waals surface area contributed by atoms with E-state index in [1.165, 1.54) is 0 Å². The Bertz CT molecular complexity index is 671. The van der Waals surface area contributed by atoms with E-state index >= 15 is 0 Å². The first kappa shape index (κ1) is 18.2. The van der Waals surface area contributed by atoms with Crippen LogP contribution >= 0.6 is 12.4 Å². The van der Waals surface area contributed by atoms with E-state index in [0.717, 1.165) is 25.9 Å². The van der Waals surface area contributed by atoms with Crippen molar-refractivity contribution in [2.24, 2.45) is 0 Å². The molecule has 24 heavy (non-hydrogen) atoms. The third kappa shape index (κ3) is 4.69. The van der Waals surface area contributed by atoms with Gasteiger partial charge in [-0.1, -0.05) is 17.3 Å². The summed E-state index contributed by atoms with van der Waals surface area (Å²) in [5.41, 5.74) is 0.512. The van der Waals surface area contributed by atoms with Crippen LogP contribution in [0.25, 0.3) is 0 Å². The Morgan fingerprint density at radius 2 is 2.29 bits per heavy atom. The third-order valence-corrected chi connectivity index (χ3v) is 3.69. The van der Waals surface area contributed by atoms with Crippen molar-refractivity contribution in [3.8, 4) is 5.75 Å². The van der Waals surface area contributed by atoms with Gasteiger partial charge in [0.15, 0.2) is 6.61 Å². The second kappa shape index (κ2) is 8.65. The van der Waals surface area contributed by atoms with E-state index in [0.29, 0.717) is 23.0 Å². The maximum absolute atomic E-state index is 12.5. The molecule has 0 aliphatic carbocycles. The zero-order chi connectivity index (χ0) is 16.1.